The third-order valence-corrected chi connectivity index (χ3v) is 6.90. The normalized spacial score (nSPS) is 14.6. The summed E-state index contributed by atoms with van der Waals surface area (Å²) in [5.41, 5.74) is 5.12. The van der Waals surface area contributed by atoms with Crippen molar-refractivity contribution in [3.63, 3.8) is 0 Å². The van der Waals surface area contributed by atoms with Crippen molar-refractivity contribution in [2.24, 2.45) is 0 Å². The zero-order valence-corrected chi connectivity index (χ0v) is 21.2. The molecule has 1 aromatic heterocycles. The molecule has 5 aromatic rings. The molecule has 0 saturated carbocycles. The molecule has 0 unspecified atom stereocenters. The van der Waals surface area contributed by atoms with Crippen LogP contribution in [0.4, 0.5) is 11.6 Å². The monoisotopic (exact) mass is 501 g/mol. The number of fused-ring (bicyclic) bond motifs is 2. The van der Waals surface area contributed by atoms with E-state index in [1.165, 1.54) is 17.1 Å². The van der Waals surface area contributed by atoms with Crippen molar-refractivity contribution in [3.8, 4) is 5.75 Å². The van der Waals surface area contributed by atoms with Gasteiger partial charge in [0.15, 0.2) is 0 Å². The Kier molecular flexibility index (Phi) is 6.09. The lowest BCUT2D eigenvalue weighted by Crippen LogP contribution is -2.31. The summed E-state index contributed by atoms with van der Waals surface area (Å²) in [5.74, 6) is 1.16. The third kappa shape index (κ3) is 4.39. The van der Waals surface area contributed by atoms with Crippen molar-refractivity contribution >= 4 is 28.3 Å². The number of ether oxygens (including phenoxy) is 1. The molecule has 0 radical (unpaired) electrons. The molecular weight excluding hydrogens is 474 g/mol. The number of nitrogens with zero attached hydrogens (tertiary/aromatic N) is 3. The van der Waals surface area contributed by atoms with Gasteiger partial charge in [-0.15, -0.1) is 0 Å². The van der Waals surface area contributed by atoms with E-state index in [1.54, 1.807) is 4.68 Å². The Balaban J connectivity index is 1.27. The van der Waals surface area contributed by atoms with Crippen LogP contribution in [0, 0.1) is 6.92 Å². The number of benzene rings is 4. The highest BCUT2D eigenvalue weighted by molar-refractivity contribution is 6.06. The molecule has 2 N–H and O–H groups in total. The predicted octanol–water partition coefficient (Wildman–Crippen LogP) is 6.25. The van der Waals surface area contributed by atoms with E-state index in [9.17, 15) is 4.79 Å². The third-order valence-electron chi connectivity index (χ3n) is 6.90. The Hall–Kier alpha value is -4.91. The standard InChI is InChI=1S/C31H27N5O2/c1-20-8-3-6-13-27(20)35-30(37)28-21(2)34-31-32-19-33-36(31)29(28)23-14-16-25(17-15-23)38-18-24-11-7-10-22-9-4-5-12-26(22)24/h3-17,19,29H,18H2,1-2H3,(H,35,37)(H,32,33,34)/t29-/m1/s1. The van der Waals surface area contributed by atoms with Gasteiger partial charge in [-0.05, 0) is 59.5 Å². The molecule has 0 saturated heterocycles. The van der Waals surface area contributed by atoms with Crippen molar-refractivity contribution in [2.75, 3.05) is 10.6 Å². The van der Waals surface area contributed by atoms with Crippen LogP contribution in [-0.2, 0) is 11.4 Å². The smallest absolute Gasteiger partial charge is 0.255 e. The number of aryl methyl sites for hydroxylation is 1. The van der Waals surface area contributed by atoms with Gasteiger partial charge in [-0.2, -0.15) is 10.1 Å². The zero-order chi connectivity index (χ0) is 26.1. The van der Waals surface area contributed by atoms with Crippen molar-refractivity contribution in [1.82, 2.24) is 14.8 Å². The molecule has 1 aliphatic rings. The predicted molar refractivity (Wildman–Crippen MR) is 149 cm³/mol. The molecular formula is C31H27N5O2. The van der Waals surface area contributed by atoms with E-state index in [4.69, 9.17) is 4.74 Å². The number of hydrogen-bond acceptors (Lipinski definition) is 5. The number of allylic oxidation sites excluding steroid dienone is 1. The van der Waals surface area contributed by atoms with Gasteiger partial charge >= 0.3 is 0 Å². The second-order valence-corrected chi connectivity index (χ2v) is 9.36. The number of hydrogen-bond donors (Lipinski definition) is 2. The summed E-state index contributed by atoms with van der Waals surface area (Å²) in [6, 6.07) is 29.7. The lowest BCUT2D eigenvalue weighted by Gasteiger charge is -2.29. The number of carbonyl (C=O) groups excluding carboxylic acids is 1. The number of anilines is 2. The second kappa shape index (κ2) is 9.86. The number of aromatic nitrogens is 3. The zero-order valence-electron chi connectivity index (χ0n) is 21.2. The van der Waals surface area contributed by atoms with E-state index in [2.05, 4.69) is 51.0 Å². The first-order valence-electron chi connectivity index (χ1n) is 12.5. The number of para-hydroxylation sites is 1. The summed E-state index contributed by atoms with van der Waals surface area (Å²) in [7, 11) is 0. The van der Waals surface area contributed by atoms with Crippen molar-refractivity contribution in [1.29, 1.82) is 0 Å². The molecule has 7 heteroatoms. The van der Waals surface area contributed by atoms with Crippen LogP contribution in [0.5, 0.6) is 5.75 Å². The molecule has 4 aromatic carbocycles. The summed E-state index contributed by atoms with van der Waals surface area (Å²) < 4.78 is 7.89. The van der Waals surface area contributed by atoms with Crippen LogP contribution in [0.2, 0.25) is 0 Å². The fourth-order valence-corrected chi connectivity index (χ4v) is 4.92. The van der Waals surface area contributed by atoms with E-state index in [1.807, 2.05) is 74.5 Å². The van der Waals surface area contributed by atoms with Crippen LogP contribution in [0.25, 0.3) is 10.8 Å². The van der Waals surface area contributed by atoms with Crippen LogP contribution >= 0.6 is 0 Å². The van der Waals surface area contributed by atoms with E-state index in [0.717, 1.165) is 33.8 Å². The molecule has 7 nitrogen and oxygen atoms in total. The van der Waals surface area contributed by atoms with Crippen LogP contribution in [0.3, 0.4) is 0 Å². The van der Waals surface area contributed by atoms with Gasteiger partial charge in [-0.1, -0.05) is 72.8 Å². The van der Waals surface area contributed by atoms with Gasteiger partial charge in [0.2, 0.25) is 5.95 Å². The summed E-state index contributed by atoms with van der Waals surface area (Å²) >= 11 is 0. The Labute approximate surface area is 220 Å². The maximum atomic E-state index is 13.6. The summed E-state index contributed by atoms with van der Waals surface area (Å²) in [5, 5.41) is 13.1. The van der Waals surface area contributed by atoms with Crippen LogP contribution in [0.1, 0.15) is 29.7 Å². The number of rotatable bonds is 6. The van der Waals surface area contributed by atoms with E-state index < -0.39 is 6.04 Å². The van der Waals surface area contributed by atoms with Gasteiger partial charge in [-0.25, -0.2) is 4.68 Å². The summed E-state index contributed by atoms with van der Waals surface area (Å²) in [4.78, 5) is 17.9. The largest absolute Gasteiger partial charge is 0.489 e. The highest BCUT2D eigenvalue weighted by Crippen LogP contribution is 2.36. The lowest BCUT2D eigenvalue weighted by atomic mass is 9.95. The second-order valence-electron chi connectivity index (χ2n) is 9.36. The Morgan fingerprint density at radius 1 is 0.947 bits per heavy atom. The molecule has 1 atom stereocenters. The number of amides is 1. The molecule has 6 rings (SSSR count). The van der Waals surface area contributed by atoms with Crippen molar-refractivity contribution < 1.29 is 9.53 Å². The first kappa shape index (κ1) is 23.5. The van der Waals surface area contributed by atoms with Crippen LogP contribution < -0.4 is 15.4 Å². The van der Waals surface area contributed by atoms with Crippen LogP contribution in [-0.4, -0.2) is 20.7 Å². The van der Waals surface area contributed by atoms with Gasteiger partial charge in [0.25, 0.3) is 5.91 Å². The van der Waals surface area contributed by atoms with E-state index in [0.29, 0.717) is 18.1 Å². The van der Waals surface area contributed by atoms with E-state index >= 15 is 0 Å². The van der Waals surface area contributed by atoms with Crippen LogP contribution in [0.15, 0.2) is 109 Å². The minimum absolute atomic E-state index is 0.188. The molecule has 0 fully saturated rings. The minimum Gasteiger partial charge on any atom is -0.489 e. The van der Waals surface area contributed by atoms with Gasteiger partial charge < -0.3 is 15.4 Å². The first-order chi connectivity index (χ1) is 18.6. The maximum absolute atomic E-state index is 13.6. The maximum Gasteiger partial charge on any atom is 0.255 e. The number of nitrogens with one attached hydrogen (secondary N) is 2. The average molecular weight is 502 g/mol. The molecule has 188 valence electrons. The van der Waals surface area contributed by atoms with Gasteiger partial charge in [0, 0.05) is 11.4 Å². The topological polar surface area (TPSA) is 81.1 Å². The average Bonchev–Trinajstić information content (AvgIpc) is 3.41. The molecule has 1 amide bonds. The number of carbonyl (C=O) groups is 1. The SMILES string of the molecule is CC1=C(C(=O)Nc2ccccc2C)[C@@H](c2ccc(OCc3cccc4ccccc34)cc2)n2ncnc2N1. The lowest BCUT2D eigenvalue weighted by molar-refractivity contribution is -0.113. The quantitative estimate of drug-likeness (QED) is 0.288. The summed E-state index contributed by atoms with van der Waals surface area (Å²) in [6.07, 6.45) is 1.49. The Bertz CT molecular complexity index is 1660. The molecule has 2 heterocycles. The highest BCUT2D eigenvalue weighted by atomic mass is 16.5. The fourth-order valence-electron chi connectivity index (χ4n) is 4.92. The Morgan fingerprint density at radius 3 is 2.55 bits per heavy atom. The molecule has 38 heavy (non-hydrogen) atoms. The van der Waals surface area contributed by atoms with Crippen molar-refractivity contribution in [3.05, 3.63) is 125 Å². The molecule has 0 spiro atoms. The molecule has 0 aliphatic carbocycles. The van der Waals surface area contributed by atoms with Gasteiger partial charge in [-0.3, -0.25) is 4.79 Å². The molecule has 1 aliphatic heterocycles. The van der Waals surface area contributed by atoms with Crippen molar-refractivity contribution in [2.45, 2.75) is 26.5 Å². The van der Waals surface area contributed by atoms with Gasteiger partial charge in [0.05, 0.1) is 5.57 Å². The molecule has 0 bridgehead atoms. The highest BCUT2D eigenvalue weighted by Gasteiger charge is 2.33. The summed E-state index contributed by atoms with van der Waals surface area (Å²) in [6.45, 7) is 4.32. The minimum atomic E-state index is -0.440. The Morgan fingerprint density at radius 2 is 1.71 bits per heavy atom. The first-order valence-corrected chi connectivity index (χ1v) is 12.5. The van der Waals surface area contributed by atoms with E-state index in [-0.39, 0.29) is 5.91 Å². The fraction of sp³-hybridized carbons (Fsp3) is 0.129. The van der Waals surface area contributed by atoms with Gasteiger partial charge in [0.1, 0.15) is 24.7 Å².